The molecule has 0 saturated heterocycles. The van der Waals surface area contributed by atoms with E-state index in [2.05, 4.69) is 57.0 Å². The molecule has 0 bridgehead atoms. The summed E-state index contributed by atoms with van der Waals surface area (Å²) < 4.78 is 20.3. The van der Waals surface area contributed by atoms with E-state index in [1.807, 2.05) is 66.7 Å². The van der Waals surface area contributed by atoms with Crippen molar-refractivity contribution in [1.82, 2.24) is 9.99 Å². The van der Waals surface area contributed by atoms with Crippen molar-refractivity contribution in [3.8, 4) is 17.2 Å². The standard InChI is InChI=1S/C32H27BrClN3O4/c1-21-3-4-22(2)37(21)26-10-12-27(13-11-26)39-20-28-14-16-31(41-28)32(38)36-35-18-24-7-15-30(29(33)17-24)40-19-23-5-8-25(34)9-6-23/h3-18H,19-20H2,1-2H3,(H,36,38)/b35-18+. The molecule has 7 nitrogen and oxygen atoms in total. The van der Waals surface area contributed by atoms with Crippen LogP contribution in [0, 0.1) is 13.8 Å². The van der Waals surface area contributed by atoms with Gasteiger partial charge in [0.1, 0.15) is 30.5 Å². The zero-order chi connectivity index (χ0) is 28.8. The molecule has 0 atom stereocenters. The van der Waals surface area contributed by atoms with Gasteiger partial charge in [-0.3, -0.25) is 4.79 Å². The van der Waals surface area contributed by atoms with Gasteiger partial charge in [0, 0.05) is 22.1 Å². The third-order valence-corrected chi connectivity index (χ3v) is 7.15. The van der Waals surface area contributed by atoms with E-state index < -0.39 is 5.91 Å². The number of ether oxygens (including phenoxy) is 2. The van der Waals surface area contributed by atoms with E-state index in [0.717, 1.165) is 21.3 Å². The number of aromatic nitrogens is 1. The summed E-state index contributed by atoms with van der Waals surface area (Å²) in [5.41, 5.74) is 7.68. The molecule has 0 aliphatic carbocycles. The molecule has 1 N–H and O–H groups in total. The highest BCUT2D eigenvalue weighted by molar-refractivity contribution is 9.10. The second-order valence-electron chi connectivity index (χ2n) is 9.30. The van der Waals surface area contributed by atoms with Crippen LogP contribution in [0.5, 0.6) is 11.5 Å². The molecule has 1 amide bonds. The minimum atomic E-state index is -0.462. The van der Waals surface area contributed by atoms with Crippen LogP contribution in [0.4, 0.5) is 0 Å². The highest BCUT2D eigenvalue weighted by Crippen LogP contribution is 2.27. The molecule has 208 valence electrons. The summed E-state index contributed by atoms with van der Waals surface area (Å²) in [5, 5.41) is 4.73. The molecule has 0 aliphatic rings. The second kappa shape index (κ2) is 12.9. The minimum Gasteiger partial charge on any atom is -0.488 e. The molecule has 3 aromatic carbocycles. The van der Waals surface area contributed by atoms with Crippen molar-refractivity contribution in [2.24, 2.45) is 5.10 Å². The Labute approximate surface area is 251 Å². The molecule has 0 saturated carbocycles. The Morgan fingerprint density at radius 1 is 0.927 bits per heavy atom. The van der Waals surface area contributed by atoms with Crippen molar-refractivity contribution in [2.45, 2.75) is 27.1 Å². The van der Waals surface area contributed by atoms with Crippen molar-refractivity contribution in [2.75, 3.05) is 0 Å². The zero-order valence-electron chi connectivity index (χ0n) is 22.4. The minimum absolute atomic E-state index is 0.141. The van der Waals surface area contributed by atoms with Gasteiger partial charge in [-0.1, -0.05) is 23.7 Å². The fraction of sp³-hybridized carbons (Fsp3) is 0.125. The number of benzene rings is 3. The first-order chi connectivity index (χ1) is 19.9. The molecule has 5 rings (SSSR count). The van der Waals surface area contributed by atoms with Gasteiger partial charge >= 0.3 is 5.91 Å². The number of nitrogens with zero attached hydrogens (tertiary/aromatic N) is 2. The van der Waals surface area contributed by atoms with E-state index in [0.29, 0.717) is 28.9 Å². The predicted molar refractivity (Wildman–Crippen MR) is 163 cm³/mol. The Kier molecular flexibility index (Phi) is 8.91. The third-order valence-electron chi connectivity index (χ3n) is 6.28. The van der Waals surface area contributed by atoms with E-state index in [9.17, 15) is 4.79 Å². The van der Waals surface area contributed by atoms with Crippen LogP contribution in [0.3, 0.4) is 0 Å². The number of hydrogen-bond donors (Lipinski definition) is 1. The van der Waals surface area contributed by atoms with Crippen LogP contribution in [0.15, 0.2) is 105 Å². The van der Waals surface area contributed by atoms with Crippen LogP contribution in [0.25, 0.3) is 5.69 Å². The highest BCUT2D eigenvalue weighted by atomic mass is 79.9. The number of carbonyl (C=O) groups is 1. The van der Waals surface area contributed by atoms with E-state index in [1.54, 1.807) is 18.3 Å². The van der Waals surface area contributed by atoms with E-state index in [4.69, 9.17) is 25.5 Å². The zero-order valence-corrected chi connectivity index (χ0v) is 24.8. The highest BCUT2D eigenvalue weighted by Gasteiger charge is 2.11. The number of halogens is 2. The van der Waals surface area contributed by atoms with E-state index >= 15 is 0 Å². The summed E-state index contributed by atoms with van der Waals surface area (Å²) >= 11 is 9.45. The summed E-state index contributed by atoms with van der Waals surface area (Å²) in [4.78, 5) is 12.5. The Hall–Kier alpha value is -4.27. The molecule has 2 heterocycles. The van der Waals surface area contributed by atoms with Gasteiger partial charge in [-0.25, -0.2) is 5.43 Å². The number of nitrogens with one attached hydrogen (secondary N) is 1. The molecule has 0 fully saturated rings. The van der Waals surface area contributed by atoms with Gasteiger partial charge in [-0.15, -0.1) is 0 Å². The number of amides is 1. The van der Waals surface area contributed by atoms with Crippen LogP contribution in [0.2, 0.25) is 5.02 Å². The largest absolute Gasteiger partial charge is 0.488 e. The first-order valence-corrected chi connectivity index (χ1v) is 14.0. The van der Waals surface area contributed by atoms with Gasteiger partial charge < -0.3 is 18.5 Å². The fourth-order valence-corrected chi connectivity index (χ4v) is 4.81. The number of carbonyl (C=O) groups excluding carboxylic acids is 1. The Balaban J connectivity index is 1.10. The molecule has 41 heavy (non-hydrogen) atoms. The van der Waals surface area contributed by atoms with E-state index in [1.165, 1.54) is 11.4 Å². The SMILES string of the molecule is Cc1ccc(C)n1-c1ccc(OCc2ccc(C(=O)N/N=C/c3ccc(OCc4ccc(Cl)cc4)c(Br)c3)o2)cc1. The lowest BCUT2D eigenvalue weighted by atomic mass is 10.2. The maximum absolute atomic E-state index is 12.5. The maximum atomic E-state index is 12.5. The molecule has 0 aliphatic heterocycles. The average molecular weight is 633 g/mol. The number of rotatable bonds is 10. The van der Waals surface area contributed by atoms with Gasteiger partial charge in [-0.2, -0.15) is 5.10 Å². The van der Waals surface area contributed by atoms with Crippen molar-refractivity contribution in [3.63, 3.8) is 0 Å². The number of hydrazone groups is 1. The first-order valence-electron chi connectivity index (χ1n) is 12.8. The van der Waals surface area contributed by atoms with Crippen LogP contribution in [-0.4, -0.2) is 16.7 Å². The molecule has 2 aromatic heterocycles. The predicted octanol–water partition coefficient (Wildman–Crippen LogP) is 8.02. The summed E-state index contributed by atoms with van der Waals surface area (Å²) in [6.07, 6.45) is 1.54. The lowest BCUT2D eigenvalue weighted by molar-refractivity contribution is 0.0923. The van der Waals surface area contributed by atoms with Crippen LogP contribution in [-0.2, 0) is 13.2 Å². The van der Waals surface area contributed by atoms with Crippen molar-refractivity contribution in [1.29, 1.82) is 0 Å². The Morgan fingerprint density at radius 2 is 1.66 bits per heavy atom. The molecule has 0 radical (unpaired) electrons. The second-order valence-corrected chi connectivity index (χ2v) is 10.6. The lowest BCUT2D eigenvalue weighted by Crippen LogP contribution is -2.16. The van der Waals surface area contributed by atoms with Crippen LogP contribution >= 0.6 is 27.5 Å². The summed E-state index contributed by atoms with van der Waals surface area (Å²) in [6, 6.07) is 28.3. The smallest absolute Gasteiger partial charge is 0.307 e. The monoisotopic (exact) mass is 631 g/mol. The third kappa shape index (κ3) is 7.28. The van der Waals surface area contributed by atoms with Crippen molar-refractivity contribution >= 4 is 39.7 Å². The molecule has 9 heteroatoms. The molecule has 0 unspecified atom stereocenters. The average Bonchev–Trinajstić information content (AvgIpc) is 3.58. The van der Waals surface area contributed by atoms with Crippen LogP contribution < -0.4 is 14.9 Å². The van der Waals surface area contributed by atoms with Gasteiger partial charge in [-0.05, 0) is 120 Å². The first kappa shape index (κ1) is 28.3. The summed E-state index contributed by atoms with van der Waals surface area (Å²) in [7, 11) is 0. The molecule has 0 spiro atoms. The van der Waals surface area contributed by atoms with Crippen LogP contribution in [0.1, 0.15) is 38.8 Å². The topological polar surface area (TPSA) is 78.0 Å². The molecular formula is C32H27BrClN3O4. The van der Waals surface area contributed by atoms with Crippen molar-refractivity contribution in [3.05, 3.63) is 135 Å². The molecular weight excluding hydrogens is 606 g/mol. The Bertz CT molecular complexity index is 1650. The summed E-state index contributed by atoms with van der Waals surface area (Å²) in [5.74, 6) is 1.60. The Morgan fingerprint density at radius 3 is 2.37 bits per heavy atom. The number of hydrogen-bond acceptors (Lipinski definition) is 5. The number of furan rings is 1. The number of aryl methyl sites for hydroxylation is 2. The lowest BCUT2D eigenvalue weighted by Gasteiger charge is -2.10. The molecule has 5 aromatic rings. The fourth-order valence-electron chi connectivity index (χ4n) is 4.18. The van der Waals surface area contributed by atoms with Crippen molar-refractivity contribution < 1.29 is 18.7 Å². The van der Waals surface area contributed by atoms with E-state index in [-0.39, 0.29) is 12.4 Å². The quantitative estimate of drug-likeness (QED) is 0.125. The van der Waals surface area contributed by atoms with Gasteiger partial charge in [0.05, 0.1) is 10.7 Å². The maximum Gasteiger partial charge on any atom is 0.307 e. The van der Waals surface area contributed by atoms with Gasteiger partial charge in [0.15, 0.2) is 5.76 Å². The normalized spacial score (nSPS) is 11.1. The summed E-state index contributed by atoms with van der Waals surface area (Å²) in [6.45, 7) is 4.75. The van der Waals surface area contributed by atoms with Gasteiger partial charge in [0.2, 0.25) is 0 Å². The van der Waals surface area contributed by atoms with Gasteiger partial charge in [0.25, 0.3) is 0 Å².